The molecule has 1 aromatic carbocycles. The molecule has 0 aliphatic heterocycles. The van der Waals surface area contributed by atoms with E-state index in [0.29, 0.717) is 5.71 Å². The Morgan fingerprint density at radius 2 is 2.21 bits per heavy atom. The van der Waals surface area contributed by atoms with E-state index in [0.717, 1.165) is 17.5 Å². The van der Waals surface area contributed by atoms with E-state index in [-0.39, 0.29) is 0 Å². The first-order valence-corrected chi connectivity index (χ1v) is 4.43. The fraction of sp³-hybridized carbons (Fsp3) is 0.273. The summed E-state index contributed by atoms with van der Waals surface area (Å²) in [5, 5.41) is 12.5. The first kappa shape index (κ1) is 10.3. The molecule has 0 heterocycles. The molecule has 3 nitrogen and oxygen atoms in total. The molecule has 0 radical (unpaired) electrons. The average molecular weight is 188 g/mol. The van der Waals surface area contributed by atoms with Gasteiger partial charge in [-0.2, -0.15) is 5.26 Å². The zero-order chi connectivity index (χ0) is 10.4. The number of nitrogens with zero attached hydrogens (tertiary/aromatic N) is 2. The summed E-state index contributed by atoms with van der Waals surface area (Å²) in [5.41, 5.74) is 2.27. The molecule has 0 atom stereocenters. The molecule has 0 spiro atoms. The van der Waals surface area contributed by atoms with Crippen LogP contribution < -0.4 is 0 Å². The Balaban J connectivity index is 3.17. The lowest BCUT2D eigenvalue weighted by atomic mass is 10.0. The quantitative estimate of drug-likeness (QED) is 0.538. The zero-order valence-electron chi connectivity index (χ0n) is 8.32. The number of oxime groups is 1. The van der Waals surface area contributed by atoms with Gasteiger partial charge in [-0.3, -0.25) is 0 Å². The fourth-order valence-electron chi connectivity index (χ4n) is 1.28. The zero-order valence-corrected chi connectivity index (χ0v) is 8.32. The molecule has 72 valence electrons. The second-order valence-corrected chi connectivity index (χ2v) is 2.74. The number of hydrogen-bond acceptors (Lipinski definition) is 3. The van der Waals surface area contributed by atoms with E-state index >= 15 is 0 Å². The van der Waals surface area contributed by atoms with E-state index in [2.05, 4.69) is 9.99 Å². The second kappa shape index (κ2) is 5.03. The molecule has 0 amide bonds. The Morgan fingerprint density at radius 3 is 2.79 bits per heavy atom. The highest BCUT2D eigenvalue weighted by molar-refractivity contribution is 6.12. The summed E-state index contributed by atoms with van der Waals surface area (Å²) in [5.74, 6) is 0. The maximum atomic E-state index is 8.87. The summed E-state index contributed by atoms with van der Waals surface area (Å²) < 4.78 is 0. The first-order valence-electron chi connectivity index (χ1n) is 4.43. The van der Waals surface area contributed by atoms with E-state index in [1.807, 2.05) is 37.3 Å². The van der Waals surface area contributed by atoms with Crippen molar-refractivity contribution in [1.29, 1.82) is 5.26 Å². The van der Waals surface area contributed by atoms with Crippen LogP contribution in [0.15, 0.2) is 29.4 Å². The van der Waals surface area contributed by atoms with Gasteiger partial charge in [0.1, 0.15) is 13.2 Å². The van der Waals surface area contributed by atoms with Crippen LogP contribution in [0.25, 0.3) is 0 Å². The van der Waals surface area contributed by atoms with Crippen LogP contribution in [0.3, 0.4) is 0 Å². The Morgan fingerprint density at radius 1 is 1.50 bits per heavy atom. The lowest BCUT2D eigenvalue weighted by Crippen LogP contribution is -2.02. The summed E-state index contributed by atoms with van der Waals surface area (Å²) in [6.45, 7) is 2.04. The van der Waals surface area contributed by atoms with Gasteiger partial charge in [-0.1, -0.05) is 36.3 Å². The third-order valence-electron chi connectivity index (χ3n) is 1.94. The molecule has 0 aromatic heterocycles. The van der Waals surface area contributed by atoms with Crippen LogP contribution in [0.5, 0.6) is 0 Å². The predicted octanol–water partition coefficient (Wildman–Crippen LogP) is 2.12. The van der Waals surface area contributed by atoms with Crippen molar-refractivity contribution in [2.45, 2.75) is 13.3 Å². The van der Waals surface area contributed by atoms with E-state index in [1.165, 1.54) is 7.11 Å². The van der Waals surface area contributed by atoms with Crippen molar-refractivity contribution in [3.8, 4) is 6.07 Å². The number of rotatable bonds is 3. The summed E-state index contributed by atoms with van der Waals surface area (Å²) in [7, 11) is 1.44. The first-order chi connectivity index (χ1) is 6.83. The molecule has 0 aliphatic rings. The van der Waals surface area contributed by atoms with Gasteiger partial charge in [0.05, 0.1) is 0 Å². The lowest BCUT2D eigenvalue weighted by molar-refractivity contribution is 0.214. The number of aryl methyl sites for hydroxylation is 1. The third kappa shape index (κ3) is 2.11. The summed E-state index contributed by atoms with van der Waals surface area (Å²) >= 11 is 0. The minimum atomic E-state index is 0.324. The normalized spacial score (nSPS) is 10.8. The molecular weight excluding hydrogens is 176 g/mol. The van der Waals surface area contributed by atoms with Crippen molar-refractivity contribution in [1.82, 2.24) is 0 Å². The Kier molecular flexibility index (Phi) is 3.69. The Labute approximate surface area is 83.6 Å². The van der Waals surface area contributed by atoms with Gasteiger partial charge in [-0.05, 0) is 12.0 Å². The standard InChI is InChI=1S/C11H12N2O/c1-3-9-6-4-5-7-10(9)11(8-12)13-14-2/h4-7H,3H2,1-2H3/b13-11-. The minimum absolute atomic E-state index is 0.324. The second-order valence-electron chi connectivity index (χ2n) is 2.74. The summed E-state index contributed by atoms with van der Waals surface area (Å²) in [6, 6.07) is 9.71. The molecule has 0 fully saturated rings. The molecule has 0 aliphatic carbocycles. The smallest absolute Gasteiger partial charge is 0.187 e. The van der Waals surface area contributed by atoms with E-state index in [1.54, 1.807) is 0 Å². The van der Waals surface area contributed by atoms with Crippen LogP contribution in [0.2, 0.25) is 0 Å². The van der Waals surface area contributed by atoms with Crippen molar-refractivity contribution in [2.24, 2.45) is 5.16 Å². The molecule has 0 N–H and O–H groups in total. The van der Waals surface area contributed by atoms with Crippen molar-refractivity contribution in [2.75, 3.05) is 7.11 Å². The molecule has 0 unspecified atom stereocenters. The average Bonchev–Trinajstić information content (AvgIpc) is 2.26. The van der Waals surface area contributed by atoms with Crippen molar-refractivity contribution < 1.29 is 4.84 Å². The highest BCUT2D eigenvalue weighted by Gasteiger charge is 2.07. The van der Waals surface area contributed by atoms with Gasteiger partial charge in [0.2, 0.25) is 0 Å². The lowest BCUT2D eigenvalue weighted by Gasteiger charge is -2.03. The van der Waals surface area contributed by atoms with Gasteiger partial charge in [0, 0.05) is 5.56 Å². The van der Waals surface area contributed by atoms with Crippen molar-refractivity contribution >= 4 is 5.71 Å². The monoisotopic (exact) mass is 188 g/mol. The van der Waals surface area contributed by atoms with Gasteiger partial charge in [0.25, 0.3) is 0 Å². The SMILES string of the molecule is CCc1ccccc1/C(C#N)=N\OC. The summed E-state index contributed by atoms with van der Waals surface area (Å²) in [4.78, 5) is 4.61. The van der Waals surface area contributed by atoms with E-state index in [4.69, 9.17) is 5.26 Å². The topological polar surface area (TPSA) is 45.4 Å². The molecule has 14 heavy (non-hydrogen) atoms. The van der Waals surface area contributed by atoms with Gasteiger partial charge in [0.15, 0.2) is 5.71 Å². The van der Waals surface area contributed by atoms with Crippen LogP contribution in [0.4, 0.5) is 0 Å². The molecule has 0 saturated heterocycles. The number of benzene rings is 1. The molecular formula is C11H12N2O. The van der Waals surface area contributed by atoms with Gasteiger partial charge < -0.3 is 4.84 Å². The number of nitriles is 1. The molecule has 1 rings (SSSR count). The highest BCUT2D eigenvalue weighted by Crippen LogP contribution is 2.10. The van der Waals surface area contributed by atoms with Crippen molar-refractivity contribution in [3.05, 3.63) is 35.4 Å². The largest absolute Gasteiger partial charge is 0.398 e. The molecule has 3 heteroatoms. The van der Waals surface area contributed by atoms with Crippen molar-refractivity contribution in [3.63, 3.8) is 0 Å². The van der Waals surface area contributed by atoms with Crippen LogP contribution in [-0.4, -0.2) is 12.8 Å². The van der Waals surface area contributed by atoms with Gasteiger partial charge >= 0.3 is 0 Å². The Hall–Kier alpha value is -1.82. The predicted molar refractivity (Wildman–Crippen MR) is 55.0 cm³/mol. The minimum Gasteiger partial charge on any atom is -0.398 e. The highest BCUT2D eigenvalue weighted by atomic mass is 16.6. The number of hydrogen-bond donors (Lipinski definition) is 0. The maximum absolute atomic E-state index is 8.87. The van der Waals surface area contributed by atoms with E-state index < -0.39 is 0 Å². The Bertz CT molecular complexity index is 377. The third-order valence-corrected chi connectivity index (χ3v) is 1.94. The van der Waals surface area contributed by atoms with Crippen LogP contribution in [0, 0.1) is 11.3 Å². The van der Waals surface area contributed by atoms with Crippen LogP contribution in [0.1, 0.15) is 18.1 Å². The molecule has 0 bridgehead atoms. The van der Waals surface area contributed by atoms with Gasteiger partial charge in [-0.25, -0.2) is 0 Å². The molecule has 1 aromatic rings. The van der Waals surface area contributed by atoms with Crippen LogP contribution >= 0.6 is 0 Å². The van der Waals surface area contributed by atoms with Gasteiger partial charge in [-0.15, -0.1) is 0 Å². The molecule has 0 saturated carbocycles. The van der Waals surface area contributed by atoms with E-state index in [9.17, 15) is 0 Å². The summed E-state index contributed by atoms with van der Waals surface area (Å²) in [6.07, 6.45) is 0.876. The fourth-order valence-corrected chi connectivity index (χ4v) is 1.28. The maximum Gasteiger partial charge on any atom is 0.187 e. The van der Waals surface area contributed by atoms with Crippen LogP contribution in [-0.2, 0) is 11.3 Å².